The lowest BCUT2D eigenvalue weighted by Gasteiger charge is -2.05. The quantitative estimate of drug-likeness (QED) is 0.200. The van der Waals surface area contributed by atoms with Crippen LogP contribution in [0.5, 0.6) is 5.75 Å². The normalized spacial score (nSPS) is 9.43. The van der Waals surface area contributed by atoms with Gasteiger partial charge < -0.3 is 19.3 Å². The second-order valence-corrected chi connectivity index (χ2v) is 7.19. The molecule has 0 heterocycles. The first-order chi connectivity index (χ1) is 17.8. The standard InChI is InChI=1S/C11H16O4.C11H12O3.C8H8/c1-3-4-8-15-11(14)9(2)6-5-7-10(12)13;1-2-11(12)14-9-8-13-10-6-4-3-5-7-10;1-2-8-6-4-3-5-7-8/h5,7H,2-4,6,8H2,1H3,(H,12,13);2-7H,1,8-9H2;2-7H,1H2. The van der Waals surface area contributed by atoms with E-state index >= 15 is 0 Å². The van der Waals surface area contributed by atoms with Crippen LogP contribution in [0.2, 0.25) is 0 Å². The molecule has 37 heavy (non-hydrogen) atoms. The molecule has 1 N–H and O–H groups in total. The van der Waals surface area contributed by atoms with Crippen LogP contribution >= 0.6 is 0 Å². The van der Waals surface area contributed by atoms with Crippen molar-refractivity contribution in [2.24, 2.45) is 0 Å². The number of hydrogen-bond donors (Lipinski definition) is 1. The number of carboxylic acid groups (broad SMARTS) is 1. The van der Waals surface area contributed by atoms with Gasteiger partial charge in [-0.3, -0.25) is 0 Å². The molecule has 7 nitrogen and oxygen atoms in total. The Bertz CT molecular complexity index is 980. The number of aliphatic carboxylic acids is 1. The van der Waals surface area contributed by atoms with Gasteiger partial charge >= 0.3 is 17.9 Å². The van der Waals surface area contributed by atoms with Crippen LogP contribution in [-0.4, -0.2) is 42.8 Å². The fourth-order valence-electron chi connectivity index (χ4n) is 2.26. The molecule has 0 aromatic heterocycles. The number of allylic oxidation sites excluding steroid dienone is 1. The molecule has 2 aromatic rings. The smallest absolute Gasteiger partial charge is 0.333 e. The van der Waals surface area contributed by atoms with Gasteiger partial charge in [0.1, 0.15) is 19.0 Å². The summed E-state index contributed by atoms with van der Waals surface area (Å²) in [5.74, 6) is -1.16. The average molecular weight is 509 g/mol. The third-order valence-corrected chi connectivity index (χ3v) is 4.19. The Morgan fingerprint density at radius 3 is 2.03 bits per heavy atom. The van der Waals surface area contributed by atoms with E-state index in [0.717, 1.165) is 30.7 Å². The molecule has 0 amide bonds. The number of carbonyl (C=O) groups is 3. The lowest BCUT2D eigenvalue weighted by Crippen LogP contribution is -2.09. The van der Waals surface area contributed by atoms with E-state index in [4.69, 9.17) is 19.3 Å². The monoisotopic (exact) mass is 508 g/mol. The second kappa shape index (κ2) is 22.1. The van der Waals surface area contributed by atoms with Gasteiger partial charge in [0.05, 0.1) is 6.61 Å². The highest BCUT2D eigenvalue weighted by atomic mass is 16.6. The molecule has 0 spiro atoms. The van der Waals surface area contributed by atoms with E-state index in [1.807, 2.05) is 73.7 Å². The number of unbranched alkanes of at least 4 members (excludes halogenated alkanes) is 1. The van der Waals surface area contributed by atoms with Crippen molar-refractivity contribution in [3.05, 3.63) is 110 Å². The minimum Gasteiger partial charge on any atom is -0.490 e. The highest BCUT2D eigenvalue weighted by Gasteiger charge is 2.06. The van der Waals surface area contributed by atoms with E-state index in [1.54, 1.807) is 0 Å². The van der Waals surface area contributed by atoms with Gasteiger partial charge in [-0.25, -0.2) is 14.4 Å². The summed E-state index contributed by atoms with van der Waals surface area (Å²) in [5, 5.41) is 8.31. The maximum Gasteiger partial charge on any atom is 0.333 e. The van der Waals surface area contributed by atoms with Gasteiger partial charge in [0.25, 0.3) is 0 Å². The number of benzene rings is 2. The average Bonchev–Trinajstić information content (AvgIpc) is 2.92. The molecule has 0 aliphatic rings. The number of carbonyl (C=O) groups excluding carboxylic acids is 2. The number of esters is 2. The summed E-state index contributed by atoms with van der Waals surface area (Å²) in [4.78, 5) is 31.9. The Labute approximate surface area is 219 Å². The van der Waals surface area contributed by atoms with Crippen LogP contribution in [0.15, 0.2) is 104 Å². The Hall–Kier alpha value is -4.39. The highest BCUT2D eigenvalue weighted by molar-refractivity contribution is 5.88. The minimum atomic E-state index is -1.04. The van der Waals surface area contributed by atoms with Gasteiger partial charge in [0.15, 0.2) is 0 Å². The summed E-state index contributed by atoms with van der Waals surface area (Å²) < 4.78 is 14.9. The number of carboxylic acids is 1. The van der Waals surface area contributed by atoms with Crippen molar-refractivity contribution < 1.29 is 33.7 Å². The number of ether oxygens (including phenoxy) is 3. The minimum absolute atomic E-state index is 0.206. The molecule has 0 unspecified atom stereocenters. The first kappa shape index (κ1) is 32.6. The van der Waals surface area contributed by atoms with Crippen LogP contribution in [0.4, 0.5) is 0 Å². The van der Waals surface area contributed by atoms with E-state index in [9.17, 15) is 14.4 Å². The first-order valence-corrected chi connectivity index (χ1v) is 11.7. The van der Waals surface area contributed by atoms with E-state index in [2.05, 4.69) is 19.7 Å². The van der Waals surface area contributed by atoms with Crippen molar-refractivity contribution in [2.75, 3.05) is 19.8 Å². The van der Waals surface area contributed by atoms with Gasteiger partial charge in [-0.1, -0.05) is 93.8 Å². The largest absolute Gasteiger partial charge is 0.490 e. The Kier molecular flexibility index (Phi) is 19.5. The fraction of sp³-hybridized carbons (Fsp3) is 0.233. The summed E-state index contributed by atoms with van der Waals surface area (Å²) in [6, 6.07) is 19.4. The first-order valence-electron chi connectivity index (χ1n) is 11.7. The van der Waals surface area contributed by atoms with Crippen LogP contribution in [0.3, 0.4) is 0 Å². The summed E-state index contributed by atoms with van der Waals surface area (Å²) in [7, 11) is 0. The second-order valence-electron chi connectivity index (χ2n) is 7.19. The molecule has 7 heteroatoms. The number of rotatable bonds is 13. The van der Waals surface area contributed by atoms with Gasteiger partial charge in [-0.15, -0.1) is 0 Å². The van der Waals surface area contributed by atoms with Crippen molar-refractivity contribution in [1.29, 1.82) is 0 Å². The third kappa shape index (κ3) is 19.6. The topological polar surface area (TPSA) is 99.1 Å². The van der Waals surface area contributed by atoms with Crippen LogP contribution < -0.4 is 4.74 Å². The van der Waals surface area contributed by atoms with Crippen LogP contribution in [0.1, 0.15) is 31.7 Å². The molecule has 0 aliphatic heterocycles. The highest BCUT2D eigenvalue weighted by Crippen LogP contribution is 2.07. The third-order valence-electron chi connectivity index (χ3n) is 4.19. The maximum absolute atomic E-state index is 11.2. The van der Waals surface area contributed by atoms with Crippen molar-refractivity contribution in [3.8, 4) is 5.75 Å². The Morgan fingerprint density at radius 1 is 0.892 bits per heavy atom. The zero-order valence-electron chi connectivity index (χ0n) is 21.3. The van der Waals surface area contributed by atoms with Crippen molar-refractivity contribution in [1.82, 2.24) is 0 Å². The van der Waals surface area contributed by atoms with Crippen LogP contribution in [-0.2, 0) is 23.9 Å². The molecule has 0 bridgehead atoms. The number of para-hydroxylation sites is 1. The molecular weight excluding hydrogens is 472 g/mol. The van der Waals surface area contributed by atoms with Crippen LogP contribution in [0, 0.1) is 0 Å². The van der Waals surface area contributed by atoms with E-state index in [-0.39, 0.29) is 18.6 Å². The molecular formula is C30H36O7. The molecule has 0 saturated heterocycles. The van der Waals surface area contributed by atoms with E-state index in [0.29, 0.717) is 13.2 Å². The maximum atomic E-state index is 11.2. The molecule has 2 aromatic carbocycles. The molecule has 198 valence electrons. The van der Waals surface area contributed by atoms with Gasteiger partial charge in [-0.05, 0) is 30.5 Å². The Morgan fingerprint density at radius 2 is 1.51 bits per heavy atom. The molecule has 0 saturated carbocycles. The number of hydrogen-bond acceptors (Lipinski definition) is 6. The van der Waals surface area contributed by atoms with Gasteiger partial charge in [0.2, 0.25) is 0 Å². The van der Waals surface area contributed by atoms with Crippen molar-refractivity contribution in [2.45, 2.75) is 26.2 Å². The lowest BCUT2D eigenvalue weighted by molar-refractivity contribution is -0.139. The fourth-order valence-corrected chi connectivity index (χ4v) is 2.26. The zero-order chi connectivity index (χ0) is 27.7. The molecule has 0 fully saturated rings. The zero-order valence-corrected chi connectivity index (χ0v) is 21.3. The molecule has 0 radical (unpaired) electrons. The SMILES string of the molecule is C=C(CC=CC(=O)O)C(=O)OCCCC.C=CC(=O)OCCOc1ccccc1.C=Cc1ccccc1. The molecule has 0 aliphatic carbocycles. The molecule has 2 rings (SSSR count). The van der Waals surface area contributed by atoms with Crippen molar-refractivity contribution in [3.63, 3.8) is 0 Å². The van der Waals surface area contributed by atoms with E-state index < -0.39 is 17.9 Å². The summed E-state index contributed by atoms with van der Waals surface area (Å²) in [6.07, 6.45) is 7.29. The summed E-state index contributed by atoms with van der Waals surface area (Å²) in [6.45, 7) is 13.4. The summed E-state index contributed by atoms with van der Waals surface area (Å²) >= 11 is 0. The van der Waals surface area contributed by atoms with Crippen LogP contribution in [0.25, 0.3) is 6.08 Å². The predicted octanol–water partition coefficient (Wildman–Crippen LogP) is 6.04. The van der Waals surface area contributed by atoms with E-state index in [1.165, 1.54) is 11.6 Å². The summed E-state index contributed by atoms with van der Waals surface area (Å²) in [5.41, 5.74) is 1.44. The predicted molar refractivity (Wildman–Crippen MR) is 146 cm³/mol. The van der Waals surface area contributed by atoms with Gasteiger partial charge in [0, 0.05) is 17.7 Å². The Balaban J connectivity index is 0.000000548. The molecule has 0 atom stereocenters. The lowest BCUT2D eigenvalue weighted by atomic mass is 10.2. The van der Waals surface area contributed by atoms with Gasteiger partial charge in [-0.2, -0.15) is 0 Å². The van der Waals surface area contributed by atoms with Crippen molar-refractivity contribution >= 4 is 24.0 Å².